The lowest BCUT2D eigenvalue weighted by molar-refractivity contribution is -0.145. The minimum Gasteiger partial charge on any atom is -0.324 e. The predicted molar refractivity (Wildman–Crippen MR) is 102 cm³/mol. The largest absolute Gasteiger partial charge is 0.324 e. The number of amides is 3. The number of carbonyl (C=O) groups is 3. The average Bonchev–Trinajstić information content (AvgIpc) is 3.21. The second kappa shape index (κ2) is 5.89. The molecule has 3 heterocycles. The summed E-state index contributed by atoms with van der Waals surface area (Å²) in [5.41, 5.74) is 1.34. The van der Waals surface area contributed by atoms with Crippen LogP contribution in [0.25, 0.3) is 0 Å². The molecule has 3 aliphatic heterocycles. The maximum atomic E-state index is 13.5. The molecule has 0 saturated carbocycles. The van der Waals surface area contributed by atoms with Gasteiger partial charge < -0.3 is 5.32 Å². The van der Waals surface area contributed by atoms with E-state index in [1.165, 1.54) is 4.90 Å². The van der Waals surface area contributed by atoms with Crippen molar-refractivity contribution in [1.82, 2.24) is 10.2 Å². The predicted octanol–water partition coefficient (Wildman–Crippen LogP) is 2.17. The van der Waals surface area contributed by atoms with E-state index in [0.717, 1.165) is 16.8 Å². The van der Waals surface area contributed by atoms with Gasteiger partial charge in [-0.3, -0.25) is 24.6 Å². The van der Waals surface area contributed by atoms with Gasteiger partial charge in [0, 0.05) is 23.3 Å². The standard InChI is InChI=1S/C21H27N3O3/c1-6-12(5)24-18(25)14-15(19(24)26)21(23-16(14)10(2)3)13-9-7-8-11(4)17(13)22-20(21)27/h7-10,12,14-16,23H,6H2,1-5H3,(H,22,27)/t12-,14+,15+,16-,21+/m1/s1. The lowest BCUT2D eigenvalue weighted by atomic mass is 9.75. The summed E-state index contributed by atoms with van der Waals surface area (Å²) in [6.07, 6.45) is 0.700. The minimum atomic E-state index is -1.17. The van der Waals surface area contributed by atoms with Crippen LogP contribution < -0.4 is 10.6 Å². The number of rotatable bonds is 3. The summed E-state index contributed by atoms with van der Waals surface area (Å²) in [6.45, 7) is 9.86. The van der Waals surface area contributed by atoms with Crippen molar-refractivity contribution >= 4 is 23.4 Å². The number of hydrogen-bond acceptors (Lipinski definition) is 4. The molecule has 3 aliphatic rings. The summed E-state index contributed by atoms with van der Waals surface area (Å²) in [4.78, 5) is 41.4. The van der Waals surface area contributed by atoms with Crippen molar-refractivity contribution in [2.75, 3.05) is 5.32 Å². The Kier molecular flexibility index (Phi) is 3.97. The third-order valence-corrected chi connectivity index (χ3v) is 6.68. The molecule has 3 amide bonds. The van der Waals surface area contributed by atoms with Crippen LogP contribution in [0, 0.1) is 24.7 Å². The zero-order valence-electron chi connectivity index (χ0n) is 16.5. The summed E-state index contributed by atoms with van der Waals surface area (Å²) >= 11 is 0. The fourth-order valence-electron chi connectivity index (χ4n) is 5.12. The molecule has 0 bridgehead atoms. The van der Waals surface area contributed by atoms with Gasteiger partial charge in [0.2, 0.25) is 17.7 Å². The number of anilines is 1. The summed E-state index contributed by atoms with van der Waals surface area (Å²) in [6, 6.07) is 5.36. The molecule has 144 valence electrons. The van der Waals surface area contributed by atoms with E-state index in [-0.39, 0.29) is 35.7 Å². The molecule has 0 aromatic heterocycles. The fraction of sp³-hybridized carbons (Fsp3) is 0.571. The smallest absolute Gasteiger partial charge is 0.250 e. The molecule has 1 spiro atoms. The lowest BCUT2D eigenvalue weighted by Crippen LogP contribution is -2.54. The molecule has 5 atom stereocenters. The molecule has 2 fully saturated rings. The van der Waals surface area contributed by atoms with Crippen LogP contribution in [0.15, 0.2) is 18.2 Å². The van der Waals surface area contributed by atoms with Crippen molar-refractivity contribution in [3.8, 4) is 0 Å². The molecular formula is C21H27N3O3. The number of nitrogens with one attached hydrogen (secondary N) is 2. The molecule has 2 N–H and O–H groups in total. The number of nitrogens with zero attached hydrogens (tertiary/aromatic N) is 1. The van der Waals surface area contributed by atoms with Crippen molar-refractivity contribution in [1.29, 1.82) is 0 Å². The van der Waals surface area contributed by atoms with Gasteiger partial charge in [-0.2, -0.15) is 0 Å². The number of likely N-dealkylation sites (tertiary alicyclic amines) is 1. The van der Waals surface area contributed by atoms with Crippen LogP contribution in [0.3, 0.4) is 0 Å². The summed E-state index contributed by atoms with van der Waals surface area (Å²) in [5.74, 6) is -1.68. The molecule has 1 aromatic rings. The highest BCUT2D eigenvalue weighted by Crippen LogP contribution is 2.54. The maximum absolute atomic E-state index is 13.5. The van der Waals surface area contributed by atoms with E-state index in [4.69, 9.17) is 0 Å². The number of carbonyl (C=O) groups excluding carboxylic acids is 3. The van der Waals surface area contributed by atoms with Gasteiger partial charge in [-0.15, -0.1) is 0 Å². The van der Waals surface area contributed by atoms with Crippen LogP contribution >= 0.6 is 0 Å². The van der Waals surface area contributed by atoms with E-state index in [1.54, 1.807) is 0 Å². The van der Waals surface area contributed by atoms with E-state index in [0.29, 0.717) is 6.42 Å². The zero-order chi connectivity index (χ0) is 19.7. The second-order valence-electron chi connectivity index (χ2n) is 8.48. The monoisotopic (exact) mass is 369 g/mol. The Morgan fingerprint density at radius 1 is 1.15 bits per heavy atom. The number of imide groups is 1. The zero-order valence-corrected chi connectivity index (χ0v) is 16.5. The molecule has 2 saturated heterocycles. The Hall–Kier alpha value is -2.21. The first-order valence-electron chi connectivity index (χ1n) is 9.81. The molecule has 27 heavy (non-hydrogen) atoms. The molecular weight excluding hydrogens is 342 g/mol. The lowest BCUT2D eigenvalue weighted by Gasteiger charge is -2.31. The van der Waals surface area contributed by atoms with Gasteiger partial charge in [0.15, 0.2) is 0 Å². The van der Waals surface area contributed by atoms with Gasteiger partial charge in [-0.05, 0) is 31.7 Å². The van der Waals surface area contributed by atoms with Crippen molar-refractivity contribution < 1.29 is 14.4 Å². The van der Waals surface area contributed by atoms with Gasteiger partial charge in [0.25, 0.3) is 0 Å². The van der Waals surface area contributed by atoms with E-state index in [9.17, 15) is 14.4 Å². The molecule has 6 heteroatoms. The SMILES string of the molecule is CC[C@@H](C)N1C(=O)[C@@H]2[C@@H](C(C)C)N[C@]3(C(=O)Nc4c(C)cccc43)[C@@H]2C1=O. The van der Waals surface area contributed by atoms with Crippen LogP contribution in [-0.4, -0.2) is 34.7 Å². The number of benzene rings is 1. The first-order chi connectivity index (χ1) is 12.8. The Morgan fingerprint density at radius 3 is 2.48 bits per heavy atom. The van der Waals surface area contributed by atoms with Crippen molar-refractivity contribution in [2.45, 2.75) is 58.7 Å². The summed E-state index contributed by atoms with van der Waals surface area (Å²) < 4.78 is 0. The van der Waals surface area contributed by atoms with E-state index < -0.39 is 17.4 Å². The van der Waals surface area contributed by atoms with Gasteiger partial charge in [-0.25, -0.2) is 0 Å². The number of fused-ring (bicyclic) bond motifs is 4. The van der Waals surface area contributed by atoms with Crippen LogP contribution in [0.4, 0.5) is 5.69 Å². The fourth-order valence-corrected chi connectivity index (χ4v) is 5.12. The Bertz CT molecular complexity index is 849. The summed E-state index contributed by atoms with van der Waals surface area (Å²) in [7, 11) is 0. The first kappa shape index (κ1) is 18.2. The van der Waals surface area contributed by atoms with Gasteiger partial charge >= 0.3 is 0 Å². The quantitative estimate of drug-likeness (QED) is 0.801. The Labute approximate surface area is 159 Å². The number of para-hydroxylation sites is 1. The van der Waals surface area contributed by atoms with E-state index in [2.05, 4.69) is 10.6 Å². The van der Waals surface area contributed by atoms with Crippen molar-refractivity contribution in [3.63, 3.8) is 0 Å². The summed E-state index contributed by atoms with van der Waals surface area (Å²) in [5, 5.41) is 6.44. The number of hydrogen-bond donors (Lipinski definition) is 2. The van der Waals surface area contributed by atoms with E-state index in [1.807, 2.05) is 52.8 Å². The number of aryl methyl sites for hydroxylation is 1. The van der Waals surface area contributed by atoms with Gasteiger partial charge in [0.05, 0.1) is 11.8 Å². The van der Waals surface area contributed by atoms with E-state index >= 15 is 0 Å². The van der Waals surface area contributed by atoms with Crippen LogP contribution in [0.5, 0.6) is 0 Å². The topological polar surface area (TPSA) is 78.5 Å². The average molecular weight is 369 g/mol. The Morgan fingerprint density at radius 2 is 1.85 bits per heavy atom. The maximum Gasteiger partial charge on any atom is 0.250 e. The van der Waals surface area contributed by atoms with Crippen molar-refractivity contribution in [2.24, 2.45) is 17.8 Å². The third kappa shape index (κ3) is 2.13. The normalized spacial score (nSPS) is 33.0. The highest BCUT2D eigenvalue weighted by Gasteiger charge is 2.71. The Balaban J connectivity index is 1.92. The minimum absolute atomic E-state index is 0.118. The van der Waals surface area contributed by atoms with Gasteiger partial charge in [-0.1, -0.05) is 39.0 Å². The second-order valence-corrected chi connectivity index (χ2v) is 8.48. The van der Waals surface area contributed by atoms with Crippen molar-refractivity contribution in [3.05, 3.63) is 29.3 Å². The molecule has 6 nitrogen and oxygen atoms in total. The molecule has 1 aromatic carbocycles. The van der Waals surface area contributed by atoms with Crippen LogP contribution in [0.1, 0.15) is 45.2 Å². The highest BCUT2D eigenvalue weighted by molar-refractivity contribution is 6.15. The highest BCUT2D eigenvalue weighted by atomic mass is 16.2. The third-order valence-electron chi connectivity index (χ3n) is 6.68. The van der Waals surface area contributed by atoms with Crippen LogP contribution in [0.2, 0.25) is 0 Å². The molecule has 0 radical (unpaired) electrons. The first-order valence-corrected chi connectivity index (χ1v) is 9.81. The molecule has 0 aliphatic carbocycles. The van der Waals surface area contributed by atoms with Gasteiger partial charge in [0.1, 0.15) is 5.54 Å². The van der Waals surface area contributed by atoms with Crippen LogP contribution in [-0.2, 0) is 19.9 Å². The molecule has 0 unspecified atom stereocenters. The molecule has 4 rings (SSSR count).